The van der Waals surface area contributed by atoms with Gasteiger partial charge in [0, 0.05) is 31.9 Å². The summed E-state index contributed by atoms with van der Waals surface area (Å²) in [6.07, 6.45) is 4.88. The second kappa shape index (κ2) is 6.36. The molecule has 0 aromatic carbocycles. The van der Waals surface area contributed by atoms with E-state index in [4.69, 9.17) is 4.84 Å². The first-order valence-electron chi connectivity index (χ1n) is 6.74. The molecule has 1 amide bonds. The summed E-state index contributed by atoms with van der Waals surface area (Å²) < 4.78 is 0. The highest BCUT2D eigenvalue weighted by molar-refractivity contribution is 5.94. The van der Waals surface area contributed by atoms with Crippen molar-refractivity contribution in [1.29, 1.82) is 0 Å². The molecule has 0 saturated carbocycles. The predicted molar refractivity (Wildman–Crippen MR) is 77.6 cm³/mol. The lowest BCUT2D eigenvalue weighted by molar-refractivity contribution is -0.141. The number of pyridine rings is 1. The zero-order valence-corrected chi connectivity index (χ0v) is 11.8. The van der Waals surface area contributed by atoms with Crippen LogP contribution in [0.3, 0.4) is 0 Å². The molecular formula is C14H20N4O2. The second-order valence-corrected chi connectivity index (χ2v) is 5.10. The van der Waals surface area contributed by atoms with Gasteiger partial charge in [-0.15, -0.1) is 0 Å². The van der Waals surface area contributed by atoms with Gasteiger partial charge in [0.2, 0.25) is 5.60 Å². The normalized spacial score (nSPS) is 21.0. The van der Waals surface area contributed by atoms with Crippen molar-refractivity contribution in [3.8, 4) is 0 Å². The monoisotopic (exact) mass is 276 g/mol. The van der Waals surface area contributed by atoms with Crippen molar-refractivity contribution >= 4 is 17.3 Å². The molecule has 1 aliphatic heterocycles. The number of carbonyl (C=O) groups is 1. The predicted octanol–water partition coefficient (Wildman–Crippen LogP) is 1.55. The molecule has 0 fully saturated rings. The van der Waals surface area contributed by atoms with Crippen LogP contribution in [0.25, 0.3) is 0 Å². The molecule has 0 spiro atoms. The Balaban J connectivity index is 1.63. The van der Waals surface area contributed by atoms with E-state index in [1.54, 1.807) is 19.3 Å². The fourth-order valence-electron chi connectivity index (χ4n) is 2.03. The minimum Gasteiger partial charge on any atom is -0.384 e. The molecule has 0 aliphatic carbocycles. The molecule has 1 atom stereocenters. The molecule has 1 aliphatic rings. The summed E-state index contributed by atoms with van der Waals surface area (Å²) in [5, 5.41) is 9.95. The van der Waals surface area contributed by atoms with Crippen LogP contribution in [-0.4, -0.2) is 35.3 Å². The van der Waals surface area contributed by atoms with Crippen LogP contribution < -0.4 is 10.6 Å². The molecule has 2 N–H and O–H groups in total. The molecule has 6 heteroatoms. The van der Waals surface area contributed by atoms with E-state index in [0.29, 0.717) is 13.0 Å². The maximum Gasteiger partial charge on any atom is 0.267 e. The van der Waals surface area contributed by atoms with Gasteiger partial charge in [-0.05, 0) is 32.4 Å². The molecule has 0 unspecified atom stereocenters. The van der Waals surface area contributed by atoms with Crippen LogP contribution in [0.1, 0.15) is 26.7 Å². The van der Waals surface area contributed by atoms with Crippen molar-refractivity contribution in [3.63, 3.8) is 0 Å². The van der Waals surface area contributed by atoms with Gasteiger partial charge in [-0.1, -0.05) is 5.16 Å². The summed E-state index contributed by atoms with van der Waals surface area (Å²) in [6, 6.07) is 3.84. The molecule has 108 valence electrons. The SMILES string of the molecule is CC1=NO[C@@](C)(C(=O)NCCCNc2cccnc2)C1. The van der Waals surface area contributed by atoms with Crippen LogP contribution >= 0.6 is 0 Å². The van der Waals surface area contributed by atoms with E-state index >= 15 is 0 Å². The molecule has 1 aromatic rings. The quantitative estimate of drug-likeness (QED) is 0.773. The third-order valence-corrected chi connectivity index (χ3v) is 3.11. The molecule has 2 heterocycles. The van der Waals surface area contributed by atoms with Crippen LogP contribution in [0.15, 0.2) is 29.7 Å². The van der Waals surface area contributed by atoms with Crippen molar-refractivity contribution in [3.05, 3.63) is 24.5 Å². The minimum absolute atomic E-state index is 0.112. The lowest BCUT2D eigenvalue weighted by Gasteiger charge is -2.20. The summed E-state index contributed by atoms with van der Waals surface area (Å²) >= 11 is 0. The molecule has 2 rings (SSSR count). The van der Waals surface area contributed by atoms with Crippen LogP contribution in [0.5, 0.6) is 0 Å². The standard InChI is InChI=1S/C14H20N4O2/c1-11-9-14(2,20-18-11)13(19)17-8-4-7-16-12-5-3-6-15-10-12/h3,5-6,10,16H,4,7-9H2,1-2H3,(H,17,19)/t14-/m1/s1. The summed E-state index contributed by atoms with van der Waals surface area (Å²) in [7, 11) is 0. The first-order valence-corrected chi connectivity index (χ1v) is 6.74. The first kappa shape index (κ1) is 14.3. The molecule has 1 aromatic heterocycles. The van der Waals surface area contributed by atoms with E-state index in [-0.39, 0.29) is 5.91 Å². The summed E-state index contributed by atoms with van der Waals surface area (Å²) in [6.45, 7) is 5.00. The zero-order valence-electron chi connectivity index (χ0n) is 11.8. The number of carbonyl (C=O) groups excluding carboxylic acids is 1. The highest BCUT2D eigenvalue weighted by Gasteiger charge is 2.40. The number of nitrogens with one attached hydrogen (secondary N) is 2. The van der Waals surface area contributed by atoms with Gasteiger partial charge in [0.25, 0.3) is 5.91 Å². The largest absolute Gasteiger partial charge is 0.384 e. The number of nitrogens with zero attached hydrogens (tertiary/aromatic N) is 2. The lowest BCUT2D eigenvalue weighted by atomic mass is 9.99. The Morgan fingerprint density at radius 1 is 1.50 bits per heavy atom. The number of amides is 1. The average Bonchev–Trinajstić information content (AvgIpc) is 2.80. The van der Waals surface area contributed by atoms with Crippen molar-refractivity contribution in [2.24, 2.45) is 5.16 Å². The first-order chi connectivity index (χ1) is 9.60. The van der Waals surface area contributed by atoms with Crippen molar-refractivity contribution in [2.75, 3.05) is 18.4 Å². The Bertz CT molecular complexity index is 489. The van der Waals surface area contributed by atoms with Gasteiger partial charge in [0.05, 0.1) is 11.4 Å². The van der Waals surface area contributed by atoms with Crippen molar-refractivity contribution in [1.82, 2.24) is 10.3 Å². The number of hydrogen-bond acceptors (Lipinski definition) is 5. The Hall–Kier alpha value is -2.11. The molecule has 0 radical (unpaired) electrons. The van der Waals surface area contributed by atoms with Gasteiger partial charge in [0.1, 0.15) is 0 Å². The number of aromatic nitrogens is 1. The minimum atomic E-state index is -0.846. The summed E-state index contributed by atoms with van der Waals surface area (Å²) in [5.74, 6) is -0.112. The molecule has 6 nitrogen and oxygen atoms in total. The number of anilines is 1. The maximum absolute atomic E-state index is 12.0. The third-order valence-electron chi connectivity index (χ3n) is 3.11. The van der Waals surface area contributed by atoms with Crippen molar-refractivity contribution < 1.29 is 9.63 Å². The van der Waals surface area contributed by atoms with E-state index in [9.17, 15) is 4.79 Å². The fourth-order valence-corrected chi connectivity index (χ4v) is 2.03. The molecular weight excluding hydrogens is 256 g/mol. The van der Waals surface area contributed by atoms with E-state index in [1.165, 1.54) is 0 Å². The highest BCUT2D eigenvalue weighted by atomic mass is 16.7. The van der Waals surface area contributed by atoms with E-state index < -0.39 is 5.60 Å². The Labute approximate surface area is 118 Å². The van der Waals surface area contributed by atoms with Crippen LogP contribution in [-0.2, 0) is 9.63 Å². The van der Waals surface area contributed by atoms with Crippen LogP contribution in [0.2, 0.25) is 0 Å². The fraction of sp³-hybridized carbons (Fsp3) is 0.500. The van der Waals surface area contributed by atoms with Gasteiger partial charge in [-0.3, -0.25) is 9.78 Å². The van der Waals surface area contributed by atoms with Gasteiger partial charge >= 0.3 is 0 Å². The number of rotatable bonds is 6. The lowest BCUT2D eigenvalue weighted by Crippen LogP contribution is -2.45. The number of oxime groups is 1. The molecule has 0 bridgehead atoms. The van der Waals surface area contributed by atoms with E-state index in [2.05, 4.69) is 20.8 Å². The Kier molecular flexibility index (Phi) is 4.55. The Morgan fingerprint density at radius 2 is 2.35 bits per heavy atom. The Morgan fingerprint density at radius 3 is 3.00 bits per heavy atom. The number of hydrogen-bond donors (Lipinski definition) is 2. The van der Waals surface area contributed by atoms with Crippen molar-refractivity contribution in [2.45, 2.75) is 32.3 Å². The second-order valence-electron chi connectivity index (χ2n) is 5.10. The average molecular weight is 276 g/mol. The van der Waals surface area contributed by atoms with E-state index in [0.717, 1.165) is 24.4 Å². The maximum atomic E-state index is 12.0. The van der Waals surface area contributed by atoms with Gasteiger partial charge < -0.3 is 15.5 Å². The topological polar surface area (TPSA) is 75.6 Å². The summed E-state index contributed by atoms with van der Waals surface area (Å²) in [4.78, 5) is 21.2. The summed E-state index contributed by atoms with van der Waals surface area (Å²) in [5.41, 5.74) is 0.982. The molecule has 20 heavy (non-hydrogen) atoms. The highest BCUT2D eigenvalue weighted by Crippen LogP contribution is 2.23. The van der Waals surface area contributed by atoms with Gasteiger partial charge in [-0.25, -0.2) is 0 Å². The van der Waals surface area contributed by atoms with Crippen LogP contribution in [0.4, 0.5) is 5.69 Å². The molecule has 0 saturated heterocycles. The van der Waals surface area contributed by atoms with Gasteiger partial charge in [-0.2, -0.15) is 0 Å². The third kappa shape index (κ3) is 3.69. The zero-order chi connectivity index (χ0) is 14.4. The smallest absolute Gasteiger partial charge is 0.267 e. The van der Waals surface area contributed by atoms with Gasteiger partial charge in [0.15, 0.2) is 0 Å². The van der Waals surface area contributed by atoms with E-state index in [1.807, 2.05) is 19.1 Å². The van der Waals surface area contributed by atoms with Crippen LogP contribution in [0, 0.1) is 0 Å².